The minimum atomic E-state index is -0.827. The van der Waals surface area contributed by atoms with Crippen molar-refractivity contribution in [2.75, 3.05) is 5.32 Å². The largest absolute Gasteiger partial charge is 0.480 e. The molecule has 0 bridgehead atoms. The number of nitrogens with one attached hydrogen (secondary N) is 1. The van der Waals surface area contributed by atoms with Gasteiger partial charge in [-0.2, -0.15) is 0 Å². The van der Waals surface area contributed by atoms with Crippen LogP contribution in [0.15, 0.2) is 22.7 Å². The van der Waals surface area contributed by atoms with Gasteiger partial charge >= 0.3 is 5.97 Å². The molecule has 0 aliphatic carbocycles. The van der Waals surface area contributed by atoms with Gasteiger partial charge in [0.25, 0.3) is 0 Å². The second-order valence-corrected chi connectivity index (χ2v) is 5.02. The van der Waals surface area contributed by atoms with Gasteiger partial charge in [-0.25, -0.2) is 4.79 Å². The molecule has 0 saturated heterocycles. The fraction of sp³-hybridized carbons (Fsp3) is 0.417. The lowest BCUT2D eigenvalue weighted by molar-refractivity contribution is -0.138. The molecule has 0 aromatic heterocycles. The van der Waals surface area contributed by atoms with Gasteiger partial charge < -0.3 is 10.4 Å². The summed E-state index contributed by atoms with van der Waals surface area (Å²) in [5.41, 5.74) is 1.94. The van der Waals surface area contributed by atoms with Crippen molar-refractivity contribution in [2.45, 2.75) is 26.8 Å². The number of benzene rings is 1. The van der Waals surface area contributed by atoms with Gasteiger partial charge in [0.15, 0.2) is 0 Å². The lowest BCUT2D eigenvalue weighted by Gasteiger charge is -2.19. The molecule has 0 fully saturated rings. The molecule has 0 radical (unpaired) electrons. The molecule has 1 aromatic rings. The first-order chi connectivity index (χ1) is 7.41. The normalized spacial score (nSPS) is 12.6. The molecule has 4 heteroatoms. The van der Waals surface area contributed by atoms with Gasteiger partial charge in [0.05, 0.1) is 0 Å². The van der Waals surface area contributed by atoms with Crippen LogP contribution in [0.2, 0.25) is 0 Å². The van der Waals surface area contributed by atoms with Crippen LogP contribution in [0.4, 0.5) is 5.69 Å². The predicted octanol–water partition coefficient (Wildman–Crippen LogP) is 3.28. The van der Waals surface area contributed by atoms with E-state index in [4.69, 9.17) is 5.11 Å². The van der Waals surface area contributed by atoms with Crippen molar-refractivity contribution in [3.8, 4) is 0 Å². The molecule has 1 rings (SSSR count). The number of carboxylic acids is 1. The number of carboxylic acid groups (broad SMARTS) is 1. The third-order valence-electron chi connectivity index (χ3n) is 2.43. The van der Waals surface area contributed by atoms with Crippen molar-refractivity contribution in [2.24, 2.45) is 5.92 Å². The highest BCUT2D eigenvalue weighted by Gasteiger charge is 2.20. The van der Waals surface area contributed by atoms with Crippen molar-refractivity contribution in [3.63, 3.8) is 0 Å². The Labute approximate surface area is 104 Å². The third kappa shape index (κ3) is 3.23. The van der Waals surface area contributed by atoms with Crippen LogP contribution in [-0.4, -0.2) is 17.1 Å². The summed E-state index contributed by atoms with van der Waals surface area (Å²) in [6.07, 6.45) is 0. The third-order valence-corrected chi connectivity index (χ3v) is 3.28. The maximum Gasteiger partial charge on any atom is 0.326 e. The Morgan fingerprint density at radius 3 is 2.50 bits per heavy atom. The molecule has 0 heterocycles. The van der Waals surface area contributed by atoms with E-state index in [1.165, 1.54) is 0 Å². The molecule has 3 nitrogen and oxygen atoms in total. The van der Waals surface area contributed by atoms with Crippen LogP contribution >= 0.6 is 15.9 Å². The van der Waals surface area contributed by atoms with E-state index >= 15 is 0 Å². The summed E-state index contributed by atoms with van der Waals surface area (Å²) in [6.45, 7) is 5.76. The number of aliphatic carboxylic acids is 1. The molecule has 0 aliphatic heterocycles. The number of halogens is 1. The summed E-state index contributed by atoms with van der Waals surface area (Å²) in [5, 5.41) is 12.1. The highest BCUT2D eigenvalue weighted by molar-refractivity contribution is 9.10. The lowest BCUT2D eigenvalue weighted by Crippen LogP contribution is -2.34. The monoisotopic (exact) mass is 285 g/mol. The van der Waals surface area contributed by atoms with Crippen molar-refractivity contribution >= 4 is 27.6 Å². The number of anilines is 1. The first-order valence-electron chi connectivity index (χ1n) is 5.17. The highest BCUT2D eigenvalue weighted by Crippen LogP contribution is 2.22. The predicted molar refractivity (Wildman–Crippen MR) is 68.8 cm³/mol. The molecular weight excluding hydrogens is 270 g/mol. The molecule has 0 spiro atoms. The van der Waals surface area contributed by atoms with Crippen LogP contribution in [0.1, 0.15) is 19.4 Å². The van der Waals surface area contributed by atoms with E-state index in [0.29, 0.717) is 0 Å². The molecule has 16 heavy (non-hydrogen) atoms. The van der Waals surface area contributed by atoms with Gasteiger partial charge in [0, 0.05) is 10.2 Å². The minimum absolute atomic E-state index is 0.0394. The molecule has 0 amide bonds. The Morgan fingerprint density at radius 1 is 1.44 bits per heavy atom. The van der Waals surface area contributed by atoms with Crippen LogP contribution in [0.3, 0.4) is 0 Å². The van der Waals surface area contributed by atoms with Crippen LogP contribution in [0, 0.1) is 12.8 Å². The highest BCUT2D eigenvalue weighted by atomic mass is 79.9. The average Bonchev–Trinajstić information content (AvgIpc) is 2.18. The fourth-order valence-corrected chi connectivity index (χ4v) is 1.75. The van der Waals surface area contributed by atoms with Gasteiger partial charge in [0.2, 0.25) is 0 Å². The van der Waals surface area contributed by atoms with Gasteiger partial charge in [-0.05, 0) is 30.5 Å². The maximum atomic E-state index is 11.0. The number of hydrogen-bond donors (Lipinski definition) is 2. The smallest absolute Gasteiger partial charge is 0.326 e. The quantitative estimate of drug-likeness (QED) is 0.893. The van der Waals surface area contributed by atoms with Crippen LogP contribution in [0.5, 0.6) is 0 Å². The lowest BCUT2D eigenvalue weighted by atomic mass is 10.0. The van der Waals surface area contributed by atoms with E-state index in [-0.39, 0.29) is 5.92 Å². The SMILES string of the molecule is Cc1ccc(N[C@H](C(=O)O)C(C)C)cc1Br. The Morgan fingerprint density at radius 2 is 2.06 bits per heavy atom. The van der Waals surface area contributed by atoms with E-state index in [1.54, 1.807) is 0 Å². The van der Waals surface area contributed by atoms with Crippen molar-refractivity contribution in [1.82, 2.24) is 0 Å². The second kappa shape index (κ2) is 5.34. The Kier molecular flexibility index (Phi) is 4.35. The van der Waals surface area contributed by atoms with Crippen molar-refractivity contribution in [1.29, 1.82) is 0 Å². The minimum Gasteiger partial charge on any atom is -0.480 e. The van der Waals surface area contributed by atoms with Crippen molar-refractivity contribution in [3.05, 3.63) is 28.2 Å². The van der Waals surface area contributed by atoms with Gasteiger partial charge in [-0.15, -0.1) is 0 Å². The summed E-state index contributed by atoms with van der Waals surface area (Å²) in [6, 6.07) is 5.17. The number of carbonyl (C=O) groups is 1. The first-order valence-corrected chi connectivity index (χ1v) is 5.96. The molecule has 0 aliphatic rings. The van der Waals surface area contributed by atoms with E-state index in [1.807, 2.05) is 39.0 Å². The molecule has 1 aromatic carbocycles. The van der Waals surface area contributed by atoms with E-state index in [9.17, 15) is 4.79 Å². The zero-order valence-corrected chi connectivity index (χ0v) is 11.2. The summed E-state index contributed by atoms with van der Waals surface area (Å²) < 4.78 is 0.977. The Hall–Kier alpha value is -1.03. The molecule has 1 atom stereocenters. The van der Waals surface area contributed by atoms with Crippen LogP contribution < -0.4 is 5.32 Å². The van der Waals surface area contributed by atoms with E-state index < -0.39 is 12.0 Å². The number of aryl methyl sites for hydroxylation is 1. The Bertz CT molecular complexity index is 391. The topological polar surface area (TPSA) is 49.3 Å². The molecule has 0 saturated carbocycles. The second-order valence-electron chi connectivity index (χ2n) is 4.17. The van der Waals surface area contributed by atoms with Gasteiger partial charge in [0.1, 0.15) is 6.04 Å². The summed E-state index contributed by atoms with van der Waals surface area (Å²) in [4.78, 5) is 11.0. The van der Waals surface area contributed by atoms with Crippen LogP contribution in [0.25, 0.3) is 0 Å². The summed E-state index contributed by atoms with van der Waals surface area (Å²) in [7, 11) is 0. The van der Waals surface area contributed by atoms with E-state index in [0.717, 1.165) is 15.7 Å². The fourth-order valence-electron chi connectivity index (χ4n) is 1.38. The number of hydrogen-bond acceptors (Lipinski definition) is 2. The van der Waals surface area contributed by atoms with Gasteiger partial charge in [-0.3, -0.25) is 0 Å². The van der Waals surface area contributed by atoms with Gasteiger partial charge in [-0.1, -0.05) is 35.8 Å². The van der Waals surface area contributed by atoms with E-state index in [2.05, 4.69) is 21.2 Å². The zero-order chi connectivity index (χ0) is 12.3. The maximum absolute atomic E-state index is 11.0. The van der Waals surface area contributed by atoms with Crippen LogP contribution in [-0.2, 0) is 4.79 Å². The zero-order valence-electron chi connectivity index (χ0n) is 9.62. The van der Waals surface area contributed by atoms with Crippen molar-refractivity contribution < 1.29 is 9.90 Å². The summed E-state index contributed by atoms with van der Waals surface area (Å²) >= 11 is 3.42. The molecule has 88 valence electrons. The molecule has 0 unspecified atom stereocenters. The summed E-state index contributed by atoms with van der Waals surface area (Å²) in [5.74, 6) is -0.788. The first kappa shape index (κ1) is 13.0. The molecular formula is C12H16BrNO2. The molecule has 2 N–H and O–H groups in total. The Balaban J connectivity index is 2.86. The number of rotatable bonds is 4. The average molecular weight is 286 g/mol. The standard InChI is InChI=1S/C12H16BrNO2/c1-7(2)11(12(15)16)14-9-5-4-8(3)10(13)6-9/h4-7,11,14H,1-3H3,(H,15,16)/t11-/m0/s1.